The van der Waals surface area contributed by atoms with Crippen molar-refractivity contribution in [3.05, 3.63) is 306 Å². The standard InChI is InChI=1S/3C28H22O.Al/c3*1-18-17-19(2)27(25-16-8-12-21-10-4-6-14-23(21)25)28(29)26(18)24-15-7-11-20-9-3-5-13-22(20)24;/h3*3-17,29H,1-2H3;/q;;;+3/p-3. The summed E-state index contributed by atoms with van der Waals surface area (Å²) >= 11 is -3.82. The fraction of sp³-hybridized carbons (Fsp3) is 0.0714. The summed E-state index contributed by atoms with van der Waals surface area (Å²) in [5.41, 5.74) is 18.8. The number of hydrogen-bond donors (Lipinski definition) is 0. The summed E-state index contributed by atoms with van der Waals surface area (Å²) in [5.74, 6) is 2.15. The first-order valence-corrected chi connectivity index (χ1v) is 31.9. The second-order valence-corrected chi connectivity index (χ2v) is 24.9. The van der Waals surface area contributed by atoms with Crippen molar-refractivity contribution >= 4 is 79.8 Å². The van der Waals surface area contributed by atoms with Crippen LogP contribution in [0.15, 0.2) is 273 Å². The number of aryl methyl sites for hydroxylation is 6. The second-order valence-electron chi connectivity index (χ2n) is 23.6. The molecule has 0 radical (unpaired) electrons. The van der Waals surface area contributed by atoms with Crippen LogP contribution in [0, 0.1) is 41.5 Å². The maximum Gasteiger partial charge on any atom is 1.20 e. The molecule has 420 valence electrons. The zero-order valence-corrected chi connectivity index (χ0v) is 51.4. The highest BCUT2D eigenvalue weighted by Crippen LogP contribution is 2.53. The van der Waals surface area contributed by atoms with E-state index in [9.17, 15) is 0 Å². The Labute approximate surface area is 519 Å². The van der Waals surface area contributed by atoms with Crippen molar-refractivity contribution < 1.29 is 11.4 Å². The van der Waals surface area contributed by atoms with Gasteiger partial charge in [0.1, 0.15) is 17.2 Å². The second kappa shape index (κ2) is 22.6. The molecule has 88 heavy (non-hydrogen) atoms. The third-order valence-corrected chi connectivity index (χ3v) is 19.3. The Morgan fingerprint density at radius 2 is 0.352 bits per heavy atom. The van der Waals surface area contributed by atoms with Crippen LogP contribution in [0.1, 0.15) is 33.4 Å². The van der Waals surface area contributed by atoms with Gasteiger partial charge in [-0.2, -0.15) is 0 Å². The highest BCUT2D eigenvalue weighted by molar-refractivity contribution is 6.41. The van der Waals surface area contributed by atoms with Crippen molar-refractivity contribution in [2.45, 2.75) is 41.5 Å². The van der Waals surface area contributed by atoms with E-state index in [-0.39, 0.29) is 0 Å². The summed E-state index contributed by atoms with van der Waals surface area (Å²) in [6.45, 7) is 13.4. The van der Waals surface area contributed by atoms with Crippen LogP contribution < -0.4 is 11.4 Å². The van der Waals surface area contributed by atoms with Crippen LogP contribution in [0.4, 0.5) is 0 Å². The molecule has 0 aliphatic carbocycles. The minimum absolute atomic E-state index is 0.715. The lowest BCUT2D eigenvalue weighted by molar-refractivity contribution is 0.310. The molecule has 15 aromatic rings. The van der Waals surface area contributed by atoms with Crippen molar-refractivity contribution in [3.63, 3.8) is 0 Å². The minimum Gasteiger partial charge on any atom is -0.576 e. The van der Waals surface area contributed by atoms with Crippen molar-refractivity contribution in [1.29, 1.82) is 0 Å². The molecule has 0 aliphatic heterocycles. The average Bonchev–Trinajstić information content (AvgIpc) is 0.880. The zero-order valence-electron chi connectivity index (χ0n) is 50.3. The van der Waals surface area contributed by atoms with E-state index in [1.54, 1.807) is 0 Å². The van der Waals surface area contributed by atoms with Crippen LogP contribution in [0.5, 0.6) is 17.2 Å². The fourth-order valence-corrected chi connectivity index (χ4v) is 15.7. The predicted octanol–water partition coefficient (Wildman–Crippen LogP) is 23.0. The normalized spacial score (nSPS) is 11.5. The Morgan fingerprint density at radius 1 is 0.193 bits per heavy atom. The lowest BCUT2D eigenvalue weighted by Gasteiger charge is -2.29. The fourth-order valence-electron chi connectivity index (χ4n) is 14.2. The quantitative estimate of drug-likeness (QED) is 0.114. The first-order chi connectivity index (χ1) is 43.2. The molecule has 0 saturated heterocycles. The van der Waals surface area contributed by atoms with Gasteiger partial charge in [0.2, 0.25) is 0 Å². The Hall–Kier alpha value is -10.2. The van der Waals surface area contributed by atoms with Crippen LogP contribution in [-0.2, 0) is 0 Å². The molecule has 0 saturated carbocycles. The van der Waals surface area contributed by atoms with Crippen LogP contribution in [-0.4, -0.2) is 15.1 Å². The van der Waals surface area contributed by atoms with E-state index in [0.29, 0.717) is 17.2 Å². The molecule has 15 rings (SSSR count). The van der Waals surface area contributed by atoms with Gasteiger partial charge in [-0.05, 0) is 173 Å². The van der Waals surface area contributed by atoms with Crippen LogP contribution in [0.2, 0.25) is 0 Å². The van der Waals surface area contributed by atoms with Gasteiger partial charge in [-0.1, -0.05) is 273 Å². The maximum absolute atomic E-state index is 8.42. The molecule has 0 spiro atoms. The van der Waals surface area contributed by atoms with Gasteiger partial charge in [0, 0.05) is 33.4 Å². The summed E-state index contributed by atoms with van der Waals surface area (Å²) in [6.07, 6.45) is 0. The van der Waals surface area contributed by atoms with Gasteiger partial charge in [0.05, 0.1) is 0 Å². The molecule has 0 atom stereocenters. The van der Waals surface area contributed by atoms with Crippen LogP contribution in [0.25, 0.3) is 131 Å². The SMILES string of the molecule is Cc1cc(C)c(-c2cccc3ccccc23)c([O][Al]([O]c2c(-c3cccc4ccccc34)c(C)cc(C)c2-c2cccc3ccccc23)[O]c2c(-c3cccc4ccccc34)c(C)cc(C)c2-c2cccc3ccccc23)c1-c1cccc2ccccc12. The molecular formula is C84H63AlO3. The monoisotopic (exact) mass is 1150 g/mol. The lowest BCUT2D eigenvalue weighted by Crippen LogP contribution is -2.38. The van der Waals surface area contributed by atoms with Crippen LogP contribution >= 0.6 is 0 Å². The minimum atomic E-state index is -3.82. The summed E-state index contributed by atoms with van der Waals surface area (Å²) in [7, 11) is 0. The highest BCUT2D eigenvalue weighted by atomic mass is 27.3. The summed E-state index contributed by atoms with van der Waals surface area (Å²) in [5, 5.41) is 13.6. The zero-order chi connectivity index (χ0) is 59.6. The Balaban J connectivity index is 1.09. The number of hydrogen-bond acceptors (Lipinski definition) is 3. The van der Waals surface area contributed by atoms with E-state index >= 15 is 0 Å². The summed E-state index contributed by atoms with van der Waals surface area (Å²) in [4.78, 5) is 0. The third-order valence-electron chi connectivity index (χ3n) is 18.0. The van der Waals surface area contributed by atoms with Crippen molar-refractivity contribution in [2.24, 2.45) is 0 Å². The summed E-state index contributed by atoms with van der Waals surface area (Å²) in [6, 6.07) is 98.9. The van der Waals surface area contributed by atoms with Gasteiger partial charge < -0.3 is 11.4 Å². The molecule has 0 bridgehead atoms. The molecule has 0 fully saturated rings. The smallest absolute Gasteiger partial charge is 0.576 e. The van der Waals surface area contributed by atoms with E-state index in [0.717, 1.165) is 165 Å². The largest absolute Gasteiger partial charge is 1.20 e. The van der Waals surface area contributed by atoms with Gasteiger partial charge in [-0.3, -0.25) is 0 Å². The van der Waals surface area contributed by atoms with Gasteiger partial charge in [-0.15, -0.1) is 0 Å². The average molecular weight is 1150 g/mol. The first-order valence-electron chi connectivity index (χ1n) is 30.5. The topological polar surface area (TPSA) is 27.7 Å². The number of fused-ring (bicyclic) bond motifs is 6. The van der Waals surface area contributed by atoms with Crippen molar-refractivity contribution in [3.8, 4) is 84.0 Å². The Bertz CT molecular complexity index is 4420. The van der Waals surface area contributed by atoms with E-state index in [4.69, 9.17) is 11.4 Å². The van der Waals surface area contributed by atoms with Crippen LogP contribution in [0.3, 0.4) is 0 Å². The molecule has 0 aliphatic rings. The number of benzene rings is 15. The Morgan fingerprint density at radius 3 is 0.534 bits per heavy atom. The van der Waals surface area contributed by atoms with Crippen molar-refractivity contribution in [1.82, 2.24) is 0 Å². The lowest BCUT2D eigenvalue weighted by atomic mass is 9.87. The maximum atomic E-state index is 8.42. The Kier molecular flexibility index (Phi) is 14.0. The molecule has 0 amide bonds. The van der Waals surface area contributed by atoms with Gasteiger partial charge in [0.25, 0.3) is 0 Å². The van der Waals surface area contributed by atoms with Gasteiger partial charge in [0.15, 0.2) is 0 Å². The van der Waals surface area contributed by atoms with E-state index in [1.165, 1.54) is 0 Å². The van der Waals surface area contributed by atoms with Gasteiger partial charge in [-0.25, -0.2) is 0 Å². The molecule has 0 unspecified atom stereocenters. The van der Waals surface area contributed by atoms with E-state index in [1.807, 2.05) is 0 Å². The van der Waals surface area contributed by atoms with E-state index in [2.05, 4.69) is 315 Å². The molecule has 0 heterocycles. The first kappa shape index (κ1) is 54.4. The van der Waals surface area contributed by atoms with Crippen molar-refractivity contribution in [2.75, 3.05) is 0 Å². The van der Waals surface area contributed by atoms with E-state index < -0.39 is 15.1 Å². The number of rotatable bonds is 12. The summed E-state index contributed by atoms with van der Waals surface area (Å²) < 4.78 is 25.3. The molecule has 0 aromatic heterocycles. The molecule has 0 N–H and O–H groups in total. The molecule has 15 aromatic carbocycles. The highest BCUT2D eigenvalue weighted by Gasteiger charge is 2.49. The molecule has 4 heteroatoms. The molecule has 3 nitrogen and oxygen atoms in total. The predicted molar refractivity (Wildman–Crippen MR) is 373 cm³/mol. The third kappa shape index (κ3) is 9.45. The van der Waals surface area contributed by atoms with Gasteiger partial charge >= 0.3 is 15.1 Å². The molecular weight excluding hydrogens is 1080 g/mol.